The summed E-state index contributed by atoms with van der Waals surface area (Å²) in [6.07, 6.45) is 1.71. The molecule has 0 bridgehead atoms. The second-order valence-electron chi connectivity index (χ2n) is 5.44. The zero-order valence-corrected chi connectivity index (χ0v) is 13.3. The van der Waals surface area contributed by atoms with Crippen LogP contribution in [0.3, 0.4) is 0 Å². The Balaban J connectivity index is 2.13. The summed E-state index contributed by atoms with van der Waals surface area (Å²) in [7, 11) is 0. The highest BCUT2D eigenvalue weighted by molar-refractivity contribution is 5.88. The normalized spacial score (nSPS) is 21.3. The summed E-state index contributed by atoms with van der Waals surface area (Å²) in [6.45, 7) is 6.46. The van der Waals surface area contributed by atoms with E-state index in [1.165, 1.54) is 0 Å². The van der Waals surface area contributed by atoms with Gasteiger partial charge in [-0.05, 0) is 19.8 Å². The van der Waals surface area contributed by atoms with Crippen LogP contribution in [-0.4, -0.2) is 34.3 Å². The first-order valence-electron chi connectivity index (χ1n) is 7.69. The minimum atomic E-state index is -0.457. The Hall–Kier alpha value is -2.09. The topological polar surface area (TPSA) is 100 Å². The molecule has 1 saturated heterocycles. The number of urea groups is 1. The summed E-state index contributed by atoms with van der Waals surface area (Å²) < 4.78 is 1.60. The number of amides is 3. The number of carbonyl (C=O) groups is 2. The zero-order valence-electron chi connectivity index (χ0n) is 13.3. The molecule has 0 radical (unpaired) electrons. The lowest BCUT2D eigenvalue weighted by Gasteiger charge is -2.31. The lowest BCUT2D eigenvalue weighted by molar-refractivity contribution is -0.125. The van der Waals surface area contributed by atoms with Gasteiger partial charge < -0.3 is 10.6 Å². The van der Waals surface area contributed by atoms with Crippen molar-refractivity contribution in [1.29, 1.82) is 0 Å². The molecule has 0 saturated carbocycles. The fourth-order valence-corrected chi connectivity index (χ4v) is 2.36. The van der Waals surface area contributed by atoms with E-state index in [9.17, 15) is 9.59 Å². The number of hydrogen-bond donors (Lipinski definition) is 4. The lowest BCUT2D eigenvalue weighted by atomic mass is 10.1. The van der Waals surface area contributed by atoms with E-state index >= 15 is 0 Å². The maximum atomic E-state index is 11.8. The number of hydrogen-bond acceptors (Lipinski definition) is 4. The number of aromatic nitrogens is 2. The molecule has 2 rings (SSSR count). The largest absolute Gasteiger partial charge is 0.338 e. The van der Waals surface area contributed by atoms with Gasteiger partial charge in [-0.3, -0.25) is 15.4 Å². The van der Waals surface area contributed by atoms with Crippen molar-refractivity contribution in [2.45, 2.75) is 52.4 Å². The molecule has 2 heterocycles. The van der Waals surface area contributed by atoms with Gasteiger partial charge in [-0.1, -0.05) is 13.8 Å². The minimum Gasteiger partial charge on any atom is -0.338 e. The molecule has 0 aromatic carbocycles. The maximum Gasteiger partial charge on any atom is 0.320 e. The number of carbonyl (C=O) groups excluding carboxylic acids is 2. The zero-order chi connectivity index (χ0) is 16.1. The Kier molecular flexibility index (Phi) is 5.37. The molecule has 0 aliphatic carbocycles. The molecule has 1 aliphatic heterocycles. The molecule has 1 aliphatic rings. The second kappa shape index (κ2) is 7.26. The van der Waals surface area contributed by atoms with Crippen molar-refractivity contribution in [1.82, 2.24) is 25.7 Å². The Morgan fingerprint density at radius 2 is 2.27 bits per heavy atom. The van der Waals surface area contributed by atoms with Gasteiger partial charge in [0.2, 0.25) is 5.91 Å². The molecule has 3 amide bonds. The van der Waals surface area contributed by atoms with Gasteiger partial charge in [-0.2, -0.15) is 5.10 Å². The molecule has 1 aromatic heterocycles. The van der Waals surface area contributed by atoms with Gasteiger partial charge in [0, 0.05) is 25.1 Å². The number of nitrogens with one attached hydrogen (secondary N) is 4. The number of anilines is 1. The van der Waals surface area contributed by atoms with Gasteiger partial charge in [-0.15, -0.1) is 0 Å². The van der Waals surface area contributed by atoms with E-state index in [0.29, 0.717) is 18.8 Å². The van der Waals surface area contributed by atoms with Gasteiger partial charge in [0.05, 0.1) is 5.69 Å². The summed E-state index contributed by atoms with van der Waals surface area (Å²) in [5, 5.41) is 16.1. The number of nitrogens with zero attached hydrogens (tertiary/aromatic N) is 2. The lowest BCUT2D eigenvalue weighted by Crippen LogP contribution is -2.53. The fraction of sp³-hybridized carbons (Fsp3) is 0.643. The standard InChI is InChI=1S/C14H24N6O2/c1-4-6-15-14(22)17-11-7-9(3)19-20(11)13-16-10(5-2)8-12(21)18-13/h7,10,13,16H,4-6,8H2,1-3H3,(H,18,21)(H2,15,17,22). The molecule has 2 unspecified atom stereocenters. The highest BCUT2D eigenvalue weighted by Crippen LogP contribution is 2.17. The molecular weight excluding hydrogens is 284 g/mol. The van der Waals surface area contributed by atoms with Crippen molar-refractivity contribution >= 4 is 17.8 Å². The molecule has 22 heavy (non-hydrogen) atoms. The van der Waals surface area contributed by atoms with Crippen molar-refractivity contribution in [3.05, 3.63) is 11.8 Å². The molecule has 4 N–H and O–H groups in total. The van der Waals surface area contributed by atoms with Crippen molar-refractivity contribution in [2.24, 2.45) is 0 Å². The molecule has 0 spiro atoms. The maximum absolute atomic E-state index is 11.8. The first kappa shape index (κ1) is 16.3. The first-order chi connectivity index (χ1) is 10.5. The second-order valence-corrected chi connectivity index (χ2v) is 5.44. The molecule has 1 fully saturated rings. The predicted octanol–water partition coefficient (Wildman–Crippen LogP) is 1.07. The van der Waals surface area contributed by atoms with Crippen LogP contribution in [-0.2, 0) is 4.79 Å². The van der Waals surface area contributed by atoms with Crippen molar-refractivity contribution in [2.75, 3.05) is 11.9 Å². The van der Waals surface area contributed by atoms with Crippen LogP contribution in [0.5, 0.6) is 0 Å². The van der Waals surface area contributed by atoms with Crippen LogP contribution >= 0.6 is 0 Å². The van der Waals surface area contributed by atoms with E-state index < -0.39 is 6.29 Å². The van der Waals surface area contributed by atoms with Crippen LogP contribution in [0.15, 0.2) is 6.07 Å². The molecule has 8 heteroatoms. The van der Waals surface area contributed by atoms with E-state index in [-0.39, 0.29) is 18.0 Å². The predicted molar refractivity (Wildman–Crippen MR) is 83.3 cm³/mol. The van der Waals surface area contributed by atoms with Crippen LogP contribution in [0.1, 0.15) is 45.1 Å². The van der Waals surface area contributed by atoms with Crippen molar-refractivity contribution in [3.63, 3.8) is 0 Å². The molecular formula is C14H24N6O2. The summed E-state index contributed by atoms with van der Waals surface area (Å²) >= 11 is 0. The van der Waals surface area contributed by atoms with Crippen LogP contribution in [0.2, 0.25) is 0 Å². The van der Waals surface area contributed by atoms with E-state index in [1.807, 2.05) is 20.8 Å². The summed E-state index contributed by atoms with van der Waals surface area (Å²) in [5.41, 5.74) is 0.764. The molecule has 8 nitrogen and oxygen atoms in total. The van der Waals surface area contributed by atoms with Gasteiger partial charge in [-0.25, -0.2) is 9.48 Å². The third-order valence-electron chi connectivity index (χ3n) is 3.50. The summed E-state index contributed by atoms with van der Waals surface area (Å²) in [5.74, 6) is 0.519. The highest BCUT2D eigenvalue weighted by atomic mass is 16.2. The number of aryl methyl sites for hydroxylation is 1. The average molecular weight is 308 g/mol. The Bertz CT molecular complexity index is 541. The highest BCUT2D eigenvalue weighted by Gasteiger charge is 2.28. The summed E-state index contributed by atoms with van der Waals surface area (Å²) in [4.78, 5) is 23.6. The van der Waals surface area contributed by atoms with E-state index in [0.717, 1.165) is 18.5 Å². The average Bonchev–Trinajstić information content (AvgIpc) is 2.85. The smallest absolute Gasteiger partial charge is 0.320 e. The minimum absolute atomic E-state index is 0.0230. The van der Waals surface area contributed by atoms with E-state index in [4.69, 9.17) is 0 Å². The van der Waals surface area contributed by atoms with Crippen molar-refractivity contribution < 1.29 is 9.59 Å². The third kappa shape index (κ3) is 3.97. The monoisotopic (exact) mass is 308 g/mol. The quantitative estimate of drug-likeness (QED) is 0.653. The summed E-state index contributed by atoms with van der Waals surface area (Å²) in [6, 6.07) is 1.59. The van der Waals surface area contributed by atoms with Gasteiger partial charge in [0.15, 0.2) is 6.29 Å². The van der Waals surface area contributed by atoms with Crippen LogP contribution in [0, 0.1) is 6.92 Å². The Morgan fingerprint density at radius 1 is 1.50 bits per heavy atom. The van der Waals surface area contributed by atoms with E-state index in [1.54, 1.807) is 10.7 Å². The third-order valence-corrected chi connectivity index (χ3v) is 3.50. The van der Waals surface area contributed by atoms with Crippen LogP contribution in [0.25, 0.3) is 0 Å². The first-order valence-corrected chi connectivity index (χ1v) is 7.69. The van der Waals surface area contributed by atoms with Crippen molar-refractivity contribution in [3.8, 4) is 0 Å². The van der Waals surface area contributed by atoms with E-state index in [2.05, 4.69) is 26.4 Å². The van der Waals surface area contributed by atoms with Crippen LogP contribution in [0.4, 0.5) is 10.6 Å². The molecule has 2 atom stereocenters. The van der Waals surface area contributed by atoms with Crippen LogP contribution < -0.4 is 21.3 Å². The van der Waals surface area contributed by atoms with Gasteiger partial charge in [0.1, 0.15) is 5.82 Å². The van der Waals surface area contributed by atoms with Gasteiger partial charge >= 0.3 is 6.03 Å². The Labute approximate surface area is 130 Å². The fourth-order valence-electron chi connectivity index (χ4n) is 2.36. The molecule has 1 aromatic rings. The molecule has 122 valence electrons. The van der Waals surface area contributed by atoms with Gasteiger partial charge in [0.25, 0.3) is 0 Å². The number of rotatable bonds is 5. The Morgan fingerprint density at radius 3 is 2.95 bits per heavy atom. The SMILES string of the molecule is CCCNC(=O)Nc1cc(C)nn1C1NC(=O)CC(CC)N1.